The summed E-state index contributed by atoms with van der Waals surface area (Å²) in [5.41, 5.74) is 1.01. The van der Waals surface area contributed by atoms with Crippen LogP contribution >= 0.6 is 0 Å². The van der Waals surface area contributed by atoms with Crippen LogP contribution in [0.25, 0.3) is 0 Å². The van der Waals surface area contributed by atoms with Crippen LogP contribution in [-0.4, -0.2) is 0 Å². The molecule has 0 aliphatic heterocycles. The molecule has 0 aromatic heterocycles. The molecule has 0 spiro atoms. The Kier molecular flexibility index (Phi) is 3.19. The van der Waals surface area contributed by atoms with Crippen LogP contribution in [0.3, 0.4) is 0 Å². The highest BCUT2D eigenvalue weighted by Gasteiger charge is 2.15. The third-order valence-electron chi connectivity index (χ3n) is 2.07. The Hall–Kier alpha value is -1.43. The Morgan fingerprint density at radius 1 is 1.21 bits per heavy atom. The van der Waals surface area contributed by atoms with Gasteiger partial charge in [-0.1, -0.05) is 19.9 Å². The summed E-state index contributed by atoms with van der Waals surface area (Å²) in [6.45, 7) is 3.67. The predicted octanol–water partition coefficient (Wildman–Crippen LogP) is 3.62. The number of nitriles is 1. The standard InChI is InChI=1S/C11H11F2N/c1-7(2)10-5-8(6-14)3-4-9(10)11(12)13/h3-5,7,11H,1-2H3. The average molecular weight is 195 g/mol. The highest BCUT2D eigenvalue weighted by Crippen LogP contribution is 2.28. The minimum atomic E-state index is -2.47. The van der Waals surface area contributed by atoms with Gasteiger partial charge in [-0.2, -0.15) is 5.26 Å². The van der Waals surface area contributed by atoms with Crippen molar-refractivity contribution in [2.24, 2.45) is 0 Å². The quantitative estimate of drug-likeness (QED) is 0.707. The van der Waals surface area contributed by atoms with Crippen LogP contribution in [0.5, 0.6) is 0 Å². The van der Waals surface area contributed by atoms with E-state index in [-0.39, 0.29) is 11.5 Å². The molecule has 0 amide bonds. The van der Waals surface area contributed by atoms with E-state index < -0.39 is 6.43 Å². The molecule has 0 fully saturated rings. The molecule has 1 aromatic rings. The lowest BCUT2D eigenvalue weighted by molar-refractivity contribution is 0.150. The Morgan fingerprint density at radius 3 is 2.29 bits per heavy atom. The fraction of sp³-hybridized carbons (Fsp3) is 0.364. The Morgan fingerprint density at radius 2 is 1.86 bits per heavy atom. The van der Waals surface area contributed by atoms with Crippen molar-refractivity contribution < 1.29 is 8.78 Å². The minimum absolute atomic E-state index is 0.00676. The van der Waals surface area contributed by atoms with Gasteiger partial charge >= 0.3 is 0 Å². The molecule has 0 atom stereocenters. The molecule has 0 N–H and O–H groups in total. The lowest BCUT2D eigenvalue weighted by Gasteiger charge is -2.12. The van der Waals surface area contributed by atoms with Gasteiger partial charge in [0.2, 0.25) is 0 Å². The highest BCUT2D eigenvalue weighted by atomic mass is 19.3. The van der Waals surface area contributed by atoms with Gasteiger partial charge in [-0.3, -0.25) is 0 Å². The second-order valence-corrected chi connectivity index (χ2v) is 3.41. The Bertz CT molecular complexity index is 364. The van der Waals surface area contributed by atoms with Crippen LogP contribution in [0, 0.1) is 11.3 Å². The second kappa shape index (κ2) is 4.19. The first kappa shape index (κ1) is 10.6. The molecular weight excluding hydrogens is 184 g/mol. The molecule has 0 unspecified atom stereocenters. The maximum atomic E-state index is 12.5. The van der Waals surface area contributed by atoms with Gasteiger partial charge in [0.15, 0.2) is 0 Å². The summed E-state index contributed by atoms with van der Waals surface area (Å²) in [5, 5.41) is 8.64. The van der Waals surface area contributed by atoms with Crippen LogP contribution in [0.2, 0.25) is 0 Å². The number of halogens is 2. The molecule has 14 heavy (non-hydrogen) atoms. The smallest absolute Gasteiger partial charge is 0.205 e. The summed E-state index contributed by atoms with van der Waals surface area (Å²) >= 11 is 0. The molecule has 74 valence electrons. The molecule has 0 radical (unpaired) electrons. The van der Waals surface area contributed by atoms with Crippen molar-refractivity contribution in [1.82, 2.24) is 0 Å². The van der Waals surface area contributed by atoms with Crippen molar-refractivity contribution in [3.63, 3.8) is 0 Å². The summed E-state index contributed by atoms with van der Waals surface area (Å²) in [7, 11) is 0. The van der Waals surface area contributed by atoms with Gasteiger partial charge in [0, 0.05) is 5.56 Å². The number of alkyl halides is 2. The van der Waals surface area contributed by atoms with E-state index in [0.29, 0.717) is 11.1 Å². The van der Waals surface area contributed by atoms with Crippen molar-refractivity contribution in [2.75, 3.05) is 0 Å². The summed E-state index contributed by atoms with van der Waals surface area (Å²) < 4.78 is 25.1. The molecule has 0 saturated carbocycles. The Balaban J connectivity index is 3.26. The van der Waals surface area contributed by atoms with Crippen LogP contribution < -0.4 is 0 Å². The van der Waals surface area contributed by atoms with Gasteiger partial charge in [0.05, 0.1) is 11.6 Å². The van der Waals surface area contributed by atoms with E-state index in [4.69, 9.17) is 5.26 Å². The zero-order valence-corrected chi connectivity index (χ0v) is 8.09. The van der Waals surface area contributed by atoms with E-state index in [2.05, 4.69) is 0 Å². The fourth-order valence-corrected chi connectivity index (χ4v) is 1.34. The van der Waals surface area contributed by atoms with Crippen LogP contribution in [0.15, 0.2) is 18.2 Å². The van der Waals surface area contributed by atoms with Crippen LogP contribution in [0.4, 0.5) is 8.78 Å². The third-order valence-corrected chi connectivity index (χ3v) is 2.07. The number of nitrogens with zero attached hydrogens (tertiary/aromatic N) is 1. The second-order valence-electron chi connectivity index (χ2n) is 3.41. The first-order valence-electron chi connectivity index (χ1n) is 4.38. The highest BCUT2D eigenvalue weighted by molar-refractivity contribution is 5.40. The van der Waals surface area contributed by atoms with Gasteiger partial charge in [0.1, 0.15) is 0 Å². The zero-order valence-electron chi connectivity index (χ0n) is 8.09. The van der Waals surface area contributed by atoms with E-state index in [9.17, 15) is 8.78 Å². The van der Waals surface area contributed by atoms with E-state index in [1.54, 1.807) is 0 Å². The summed E-state index contributed by atoms with van der Waals surface area (Å²) in [5.74, 6) is 0.00676. The van der Waals surface area contributed by atoms with Gasteiger partial charge < -0.3 is 0 Å². The lowest BCUT2D eigenvalue weighted by Crippen LogP contribution is -1.97. The average Bonchev–Trinajstić information content (AvgIpc) is 2.16. The molecule has 0 bridgehead atoms. The minimum Gasteiger partial charge on any atom is -0.205 e. The number of rotatable bonds is 2. The molecule has 1 rings (SSSR count). The number of hydrogen-bond donors (Lipinski definition) is 0. The van der Waals surface area contributed by atoms with Crippen molar-refractivity contribution in [1.29, 1.82) is 5.26 Å². The molecule has 0 saturated heterocycles. The maximum absolute atomic E-state index is 12.5. The molecule has 3 heteroatoms. The van der Waals surface area contributed by atoms with Crippen LogP contribution in [-0.2, 0) is 0 Å². The molecule has 0 aliphatic carbocycles. The van der Waals surface area contributed by atoms with E-state index >= 15 is 0 Å². The van der Waals surface area contributed by atoms with E-state index in [0.717, 1.165) is 0 Å². The van der Waals surface area contributed by atoms with Crippen molar-refractivity contribution in [2.45, 2.75) is 26.2 Å². The van der Waals surface area contributed by atoms with Gasteiger partial charge in [0.25, 0.3) is 6.43 Å². The summed E-state index contributed by atoms with van der Waals surface area (Å²) in [6, 6.07) is 6.23. The van der Waals surface area contributed by atoms with Gasteiger partial charge in [-0.15, -0.1) is 0 Å². The first-order chi connectivity index (χ1) is 6.56. The van der Waals surface area contributed by atoms with Crippen molar-refractivity contribution in [3.05, 3.63) is 34.9 Å². The summed E-state index contributed by atoms with van der Waals surface area (Å²) in [4.78, 5) is 0. The van der Waals surface area contributed by atoms with E-state index in [1.807, 2.05) is 19.9 Å². The zero-order chi connectivity index (χ0) is 10.7. The number of benzene rings is 1. The maximum Gasteiger partial charge on any atom is 0.264 e. The predicted molar refractivity (Wildman–Crippen MR) is 50.2 cm³/mol. The molecule has 1 nitrogen and oxygen atoms in total. The monoisotopic (exact) mass is 195 g/mol. The van der Waals surface area contributed by atoms with Gasteiger partial charge in [-0.25, -0.2) is 8.78 Å². The Labute approximate surface area is 82.0 Å². The largest absolute Gasteiger partial charge is 0.264 e. The third kappa shape index (κ3) is 2.08. The van der Waals surface area contributed by atoms with Gasteiger partial charge in [-0.05, 0) is 23.6 Å². The molecule has 0 aliphatic rings. The van der Waals surface area contributed by atoms with Crippen molar-refractivity contribution in [3.8, 4) is 6.07 Å². The lowest BCUT2D eigenvalue weighted by atomic mass is 9.95. The molecule has 0 heterocycles. The van der Waals surface area contributed by atoms with Crippen LogP contribution in [0.1, 0.15) is 42.9 Å². The van der Waals surface area contributed by atoms with E-state index in [1.165, 1.54) is 18.2 Å². The summed E-state index contributed by atoms with van der Waals surface area (Å²) in [6.07, 6.45) is -2.47. The molecular formula is C11H11F2N. The topological polar surface area (TPSA) is 23.8 Å². The first-order valence-corrected chi connectivity index (χ1v) is 4.38. The van der Waals surface area contributed by atoms with Crippen molar-refractivity contribution >= 4 is 0 Å². The fourth-order valence-electron chi connectivity index (χ4n) is 1.34. The molecule has 1 aromatic carbocycles. The normalized spacial score (nSPS) is 10.6. The SMILES string of the molecule is CC(C)c1cc(C#N)ccc1C(F)F. The number of hydrogen-bond acceptors (Lipinski definition) is 1.